The third-order valence-corrected chi connectivity index (χ3v) is 4.08. The van der Waals surface area contributed by atoms with Crippen LogP contribution in [0.3, 0.4) is 0 Å². The van der Waals surface area contributed by atoms with Gasteiger partial charge in [-0.2, -0.15) is 0 Å². The van der Waals surface area contributed by atoms with Gasteiger partial charge in [-0.15, -0.1) is 12.4 Å². The number of ether oxygens (including phenoxy) is 1. The van der Waals surface area contributed by atoms with Crippen LogP contribution in [0.2, 0.25) is 10.0 Å². The summed E-state index contributed by atoms with van der Waals surface area (Å²) in [6.45, 7) is 3.70. The SMILES string of the molecule is CNCC1CCCN1CCOc1c(Cl)cccc1Cl.Cl. The molecule has 20 heavy (non-hydrogen) atoms. The summed E-state index contributed by atoms with van der Waals surface area (Å²) >= 11 is 12.1. The molecule has 1 atom stereocenters. The Labute approximate surface area is 137 Å². The van der Waals surface area contributed by atoms with Crippen LogP contribution in [0.5, 0.6) is 5.75 Å². The molecule has 6 heteroatoms. The average Bonchev–Trinajstić information content (AvgIpc) is 2.81. The van der Waals surface area contributed by atoms with E-state index in [0.717, 1.165) is 19.6 Å². The van der Waals surface area contributed by atoms with Crippen LogP contribution in [0.25, 0.3) is 0 Å². The molecule has 0 aromatic heterocycles. The number of rotatable bonds is 6. The topological polar surface area (TPSA) is 24.5 Å². The van der Waals surface area contributed by atoms with E-state index in [2.05, 4.69) is 10.2 Å². The van der Waals surface area contributed by atoms with Crippen molar-refractivity contribution in [3.63, 3.8) is 0 Å². The number of likely N-dealkylation sites (tertiary alicyclic amines) is 1. The Morgan fingerprint density at radius 1 is 1.35 bits per heavy atom. The first-order chi connectivity index (χ1) is 9.22. The van der Waals surface area contributed by atoms with E-state index < -0.39 is 0 Å². The number of nitrogens with zero attached hydrogens (tertiary/aromatic N) is 1. The number of para-hydroxylation sites is 1. The summed E-state index contributed by atoms with van der Waals surface area (Å²) in [5.41, 5.74) is 0. The van der Waals surface area contributed by atoms with Gasteiger partial charge in [-0.25, -0.2) is 0 Å². The molecule has 0 bridgehead atoms. The van der Waals surface area contributed by atoms with Crippen LogP contribution >= 0.6 is 35.6 Å². The third-order valence-electron chi connectivity index (χ3n) is 3.48. The van der Waals surface area contributed by atoms with E-state index in [9.17, 15) is 0 Å². The van der Waals surface area contributed by atoms with Crippen LogP contribution in [0.15, 0.2) is 18.2 Å². The third kappa shape index (κ3) is 4.68. The Hall–Kier alpha value is -0.190. The molecular weight excluding hydrogens is 319 g/mol. The fourth-order valence-electron chi connectivity index (χ4n) is 2.54. The van der Waals surface area contributed by atoms with Gasteiger partial charge in [0.05, 0.1) is 10.0 Å². The molecular formula is C14H21Cl3N2O. The summed E-state index contributed by atoms with van der Waals surface area (Å²) in [7, 11) is 2.00. The summed E-state index contributed by atoms with van der Waals surface area (Å²) in [5.74, 6) is 0.593. The molecule has 3 nitrogen and oxygen atoms in total. The van der Waals surface area contributed by atoms with Crippen molar-refractivity contribution in [1.82, 2.24) is 10.2 Å². The molecule has 114 valence electrons. The summed E-state index contributed by atoms with van der Waals surface area (Å²) < 4.78 is 5.73. The maximum atomic E-state index is 6.07. The van der Waals surface area contributed by atoms with Gasteiger partial charge in [0.1, 0.15) is 6.61 Å². The Balaban J connectivity index is 0.00000200. The molecule has 1 N–H and O–H groups in total. The van der Waals surface area contributed by atoms with Gasteiger partial charge in [-0.3, -0.25) is 4.90 Å². The van der Waals surface area contributed by atoms with Gasteiger partial charge < -0.3 is 10.1 Å². The zero-order valence-corrected chi connectivity index (χ0v) is 13.9. The molecule has 1 aliphatic heterocycles. The van der Waals surface area contributed by atoms with Gasteiger partial charge in [0.15, 0.2) is 5.75 Å². The molecule has 0 saturated carbocycles. The average molecular weight is 340 g/mol. The highest BCUT2D eigenvalue weighted by molar-refractivity contribution is 6.37. The van der Waals surface area contributed by atoms with Crippen molar-refractivity contribution >= 4 is 35.6 Å². The number of hydrogen-bond acceptors (Lipinski definition) is 3. The largest absolute Gasteiger partial charge is 0.489 e. The molecule has 0 radical (unpaired) electrons. The fraction of sp³-hybridized carbons (Fsp3) is 0.571. The highest BCUT2D eigenvalue weighted by Crippen LogP contribution is 2.32. The van der Waals surface area contributed by atoms with Gasteiger partial charge in [0.2, 0.25) is 0 Å². The smallest absolute Gasteiger partial charge is 0.156 e. The van der Waals surface area contributed by atoms with Crippen LogP contribution < -0.4 is 10.1 Å². The first kappa shape index (κ1) is 17.9. The summed E-state index contributed by atoms with van der Waals surface area (Å²) in [4.78, 5) is 2.46. The predicted molar refractivity (Wildman–Crippen MR) is 87.7 cm³/mol. The first-order valence-corrected chi connectivity index (χ1v) is 7.43. The lowest BCUT2D eigenvalue weighted by molar-refractivity contribution is 0.195. The zero-order chi connectivity index (χ0) is 13.7. The highest BCUT2D eigenvalue weighted by atomic mass is 35.5. The van der Waals surface area contributed by atoms with Gasteiger partial charge in [-0.1, -0.05) is 29.3 Å². The van der Waals surface area contributed by atoms with E-state index in [-0.39, 0.29) is 12.4 Å². The van der Waals surface area contributed by atoms with Crippen LogP contribution in [0, 0.1) is 0 Å². The quantitative estimate of drug-likeness (QED) is 0.859. The van der Waals surface area contributed by atoms with Gasteiger partial charge in [-0.05, 0) is 38.6 Å². The van der Waals surface area contributed by atoms with Crippen LogP contribution in [0.4, 0.5) is 0 Å². The number of halogens is 3. The van der Waals surface area contributed by atoms with Crippen LogP contribution in [0.1, 0.15) is 12.8 Å². The molecule has 0 aliphatic carbocycles. The first-order valence-electron chi connectivity index (χ1n) is 6.68. The lowest BCUT2D eigenvalue weighted by atomic mass is 10.2. The van der Waals surface area contributed by atoms with E-state index in [1.54, 1.807) is 12.1 Å². The second-order valence-electron chi connectivity index (χ2n) is 4.79. The standard InChI is InChI=1S/C14H20Cl2N2O.ClH/c1-17-10-11-4-3-7-18(11)8-9-19-14-12(15)5-2-6-13(14)16;/h2,5-6,11,17H,3-4,7-10H2,1H3;1H. The van der Waals surface area contributed by atoms with Crippen molar-refractivity contribution in [2.24, 2.45) is 0 Å². The molecule has 1 heterocycles. The Kier molecular flexibility index (Phi) is 8.00. The van der Waals surface area contributed by atoms with Crippen molar-refractivity contribution in [3.05, 3.63) is 28.2 Å². The van der Waals surface area contributed by atoms with Crippen molar-refractivity contribution in [1.29, 1.82) is 0 Å². The second-order valence-corrected chi connectivity index (χ2v) is 5.60. The van der Waals surface area contributed by atoms with E-state index in [4.69, 9.17) is 27.9 Å². The lowest BCUT2D eigenvalue weighted by Gasteiger charge is -2.24. The highest BCUT2D eigenvalue weighted by Gasteiger charge is 2.23. The number of likely N-dealkylation sites (N-methyl/N-ethyl adjacent to an activating group) is 1. The molecule has 1 fully saturated rings. The summed E-state index contributed by atoms with van der Waals surface area (Å²) in [5, 5.41) is 4.38. The summed E-state index contributed by atoms with van der Waals surface area (Å²) in [6, 6.07) is 6.03. The number of benzene rings is 1. The Bertz CT molecular complexity index is 397. The van der Waals surface area contributed by atoms with E-state index in [0.29, 0.717) is 28.4 Å². The normalized spacial score (nSPS) is 18.9. The van der Waals surface area contributed by atoms with Gasteiger partial charge >= 0.3 is 0 Å². The van der Waals surface area contributed by atoms with Crippen molar-refractivity contribution in [2.75, 3.05) is 33.3 Å². The minimum Gasteiger partial charge on any atom is -0.489 e. The zero-order valence-electron chi connectivity index (χ0n) is 11.6. The van der Waals surface area contributed by atoms with Crippen molar-refractivity contribution in [2.45, 2.75) is 18.9 Å². The van der Waals surface area contributed by atoms with E-state index in [1.807, 2.05) is 13.1 Å². The maximum absolute atomic E-state index is 6.07. The molecule has 1 aromatic carbocycles. The van der Waals surface area contributed by atoms with Gasteiger partial charge in [0, 0.05) is 19.1 Å². The van der Waals surface area contributed by atoms with Crippen LogP contribution in [-0.4, -0.2) is 44.2 Å². The predicted octanol–water partition coefficient (Wildman–Crippen LogP) is 3.48. The Morgan fingerprint density at radius 2 is 2.05 bits per heavy atom. The minimum absolute atomic E-state index is 0. The van der Waals surface area contributed by atoms with Crippen LogP contribution in [-0.2, 0) is 0 Å². The van der Waals surface area contributed by atoms with E-state index >= 15 is 0 Å². The minimum atomic E-state index is 0. The lowest BCUT2D eigenvalue weighted by Crippen LogP contribution is -2.39. The number of nitrogens with one attached hydrogen (secondary N) is 1. The second kappa shape index (κ2) is 8.96. The maximum Gasteiger partial charge on any atom is 0.156 e. The number of hydrogen-bond donors (Lipinski definition) is 1. The molecule has 1 unspecified atom stereocenters. The Morgan fingerprint density at radius 3 is 2.70 bits per heavy atom. The molecule has 1 aromatic rings. The van der Waals surface area contributed by atoms with Crippen molar-refractivity contribution in [3.8, 4) is 5.75 Å². The molecule has 1 saturated heterocycles. The molecule has 0 amide bonds. The van der Waals surface area contributed by atoms with Crippen molar-refractivity contribution < 1.29 is 4.74 Å². The molecule has 1 aliphatic rings. The fourth-order valence-corrected chi connectivity index (χ4v) is 3.05. The van der Waals surface area contributed by atoms with E-state index in [1.165, 1.54) is 12.8 Å². The molecule has 2 rings (SSSR count). The molecule has 0 spiro atoms. The monoisotopic (exact) mass is 338 g/mol. The van der Waals surface area contributed by atoms with Gasteiger partial charge in [0.25, 0.3) is 0 Å². The summed E-state index contributed by atoms with van der Waals surface area (Å²) in [6.07, 6.45) is 2.52.